The largest absolute Gasteiger partial charge is 0.330 e. The van der Waals surface area contributed by atoms with Crippen LogP contribution < -0.4 is 5.69 Å². The number of nitrogens with zero attached hydrogens (tertiary/aromatic N) is 1. The van der Waals surface area contributed by atoms with Crippen molar-refractivity contribution in [2.45, 2.75) is 19.8 Å². The predicted octanol–water partition coefficient (Wildman–Crippen LogP) is 2.90. The summed E-state index contributed by atoms with van der Waals surface area (Å²) in [7, 11) is 0. The van der Waals surface area contributed by atoms with Crippen LogP contribution in [0.1, 0.15) is 25.3 Å². The van der Waals surface area contributed by atoms with E-state index >= 15 is 0 Å². The molecule has 3 aromatic rings. The number of rotatable bonds is 1. The molecular weight excluding hydrogens is 212 g/mol. The number of hydrogen-bond donors (Lipinski definition) is 1. The molecule has 0 saturated carbocycles. The molecule has 0 atom stereocenters. The van der Waals surface area contributed by atoms with E-state index in [1.165, 1.54) is 5.56 Å². The fraction of sp³-hybridized carbons (Fsp3) is 0.214. The Morgan fingerprint density at radius 2 is 2.06 bits per heavy atom. The van der Waals surface area contributed by atoms with Crippen molar-refractivity contribution in [3.8, 4) is 0 Å². The van der Waals surface area contributed by atoms with Crippen molar-refractivity contribution in [2.75, 3.05) is 0 Å². The Bertz CT molecular complexity index is 750. The Morgan fingerprint density at radius 1 is 1.24 bits per heavy atom. The summed E-state index contributed by atoms with van der Waals surface area (Å²) < 4.78 is 1.65. The van der Waals surface area contributed by atoms with E-state index in [-0.39, 0.29) is 5.69 Å². The predicted molar refractivity (Wildman–Crippen MR) is 69.6 cm³/mol. The minimum atomic E-state index is -0.0882. The number of nitrogens with one attached hydrogen (secondary N) is 1. The van der Waals surface area contributed by atoms with E-state index in [1.54, 1.807) is 10.6 Å². The smallest absolute Gasteiger partial charge is 0.307 e. The monoisotopic (exact) mass is 226 g/mol. The zero-order chi connectivity index (χ0) is 12.0. The summed E-state index contributed by atoms with van der Waals surface area (Å²) in [6.07, 6.45) is 1.79. The molecule has 0 bridgehead atoms. The topological polar surface area (TPSA) is 37.3 Å². The molecule has 3 heteroatoms. The molecule has 1 N–H and O–H groups in total. The first-order valence-electron chi connectivity index (χ1n) is 5.80. The third-order valence-corrected chi connectivity index (χ3v) is 3.20. The second kappa shape index (κ2) is 3.48. The molecule has 0 unspecified atom stereocenters. The third kappa shape index (κ3) is 1.46. The van der Waals surface area contributed by atoms with Gasteiger partial charge in [-0.1, -0.05) is 19.9 Å². The van der Waals surface area contributed by atoms with Gasteiger partial charge in [0.05, 0.1) is 11.0 Å². The van der Waals surface area contributed by atoms with E-state index in [4.69, 9.17) is 0 Å². The van der Waals surface area contributed by atoms with E-state index in [0.29, 0.717) is 5.92 Å². The van der Waals surface area contributed by atoms with Crippen molar-refractivity contribution in [2.24, 2.45) is 0 Å². The quantitative estimate of drug-likeness (QED) is 0.680. The Hall–Kier alpha value is -2.03. The molecule has 2 heterocycles. The number of H-pyrrole nitrogens is 1. The Balaban J connectivity index is 2.49. The van der Waals surface area contributed by atoms with Crippen LogP contribution >= 0.6 is 0 Å². The normalized spacial score (nSPS) is 11.7. The third-order valence-electron chi connectivity index (χ3n) is 3.20. The number of aromatic nitrogens is 2. The van der Waals surface area contributed by atoms with Crippen LogP contribution in [0.2, 0.25) is 0 Å². The summed E-state index contributed by atoms with van der Waals surface area (Å²) >= 11 is 0. The minimum absolute atomic E-state index is 0.0882. The van der Waals surface area contributed by atoms with Crippen LogP contribution in [-0.2, 0) is 0 Å². The second-order valence-electron chi connectivity index (χ2n) is 4.65. The number of hydrogen-bond acceptors (Lipinski definition) is 1. The average molecular weight is 226 g/mol. The van der Waals surface area contributed by atoms with Crippen molar-refractivity contribution in [1.29, 1.82) is 0 Å². The van der Waals surface area contributed by atoms with Crippen LogP contribution in [0.3, 0.4) is 0 Å². The van der Waals surface area contributed by atoms with Crippen LogP contribution in [0.4, 0.5) is 0 Å². The van der Waals surface area contributed by atoms with Gasteiger partial charge in [-0.25, -0.2) is 4.79 Å². The second-order valence-corrected chi connectivity index (χ2v) is 4.65. The minimum Gasteiger partial charge on any atom is -0.307 e. The van der Waals surface area contributed by atoms with Gasteiger partial charge in [0, 0.05) is 11.6 Å². The highest BCUT2D eigenvalue weighted by Crippen LogP contribution is 2.22. The molecule has 86 valence electrons. The van der Waals surface area contributed by atoms with Gasteiger partial charge in [-0.2, -0.15) is 0 Å². The maximum absolute atomic E-state index is 11.8. The summed E-state index contributed by atoms with van der Waals surface area (Å²) in [5, 5.41) is 1.10. The molecule has 0 radical (unpaired) electrons. The van der Waals surface area contributed by atoms with E-state index < -0.39 is 0 Å². The molecule has 0 fully saturated rings. The Labute approximate surface area is 98.7 Å². The molecule has 3 rings (SSSR count). The molecule has 17 heavy (non-hydrogen) atoms. The van der Waals surface area contributed by atoms with E-state index in [9.17, 15) is 4.79 Å². The Morgan fingerprint density at radius 3 is 2.82 bits per heavy atom. The molecule has 1 aromatic carbocycles. The van der Waals surface area contributed by atoms with Gasteiger partial charge in [0.2, 0.25) is 0 Å². The first kappa shape index (κ1) is 10.1. The first-order chi connectivity index (χ1) is 8.16. The molecule has 0 aliphatic heterocycles. The maximum atomic E-state index is 11.8. The summed E-state index contributed by atoms with van der Waals surface area (Å²) in [5.74, 6) is 0.487. The lowest BCUT2D eigenvalue weighted by Gasteiger charge is -2.08. The first-order valence-corrected chi connectivity index (χ1v) is 5.80. The van der Waals surface area contributed by atoms with Gasteiger partial charge in [0.15, 0.2) is 0 Å². The maximum Gasteiger partial charge on any atom is 0.330 e. The summed E-state index contributed by atoms with van der Waals surface area (Å²) in [5.41, 5.74) is 3.05. The van der Waals surface area contributed by atoms with Crippen molar-refractivity contribution in [1.82, 2.24) is 9.38 Å². The standard InChI is InChI=1S/C14H14N2O/c1-9(2)10-5-6-12-11(8-10)13-4-3-7-16(13)14(17)15-12/h3-9H,1-2H3,(H,15,17). The molecule has 0 spiro atoms. The summed E-state index contributed by atoms with van der Waals surface area (Å²) in [6, 6.07) is 10.1. The van der Waals surface area contributed by atoms with Crippen LogP contribution in [0.25, 0.3) is 16.4 Å². The molecule has 2 aromatic heterocycles. The van der Waals surface area contributed by atoms with Crippen LogP contribution in [0, 0.1) is 0 Å². The number of aromatic amines is 1. The lowest BCUT2D eigenvalue weighted by molar-refractivity contribution is 0.868. The number of fused-ring (bicyclic) bond motifs is 3. The molecule has 0 aliphatic rings. The van der Waals surface area contributed by atoms with Crippen LogP contribution in [0.15, 0.2) is 41.3 Å². The van der Waals surface area contributed by atoms with Gasteiger partial charge in [-0.15, -0.1) is 0 Å². The van der Waals surface area contributed by atoms with E-state index in [1.807, 2.05) is 18.2 Å². The molecule has 0 saturated heterocycles. The van der Waals surface area contributed by atoms with Crippen LogP contribution in [-0.4, -0.2) is 9.38 Å². The zero-order valence-electron chi connectivity index (χ0n) is 9.90. The highest BCUT2D eigenvalue weighted by Gasteiger charge is 2.06. The summed E-state index contributed by atoms with van der Waals surface area (Å²) in [6.45, 7) is 4.34. The molecule has 0 aliphatic carbocycles. The SMILES string of the molecule is CC(C)c1ccc2[nH]c(=O)n3cccc3c2c1. The Kier molecular flexibility index (Phi) is 2.08. The summed E-state index contributed by atoms with van der Waals surface area (Å²) in [4.78, 5) is 14.7. The van der Waals surface area contributed by atoms with Gasteiger partial charge in [0.1, 0.15) is 0 Å². The van der Waals surface area contributed by atoms with Crippen molar-refractivity contribution >= 4 is 16.4 Å². The van der Waals surface area contributed by atoms with Gasteiger partial charge in [0.25, 0.3) is 0 Å². The van der Waals surface area contributed by atoms with E-state index in [0.717, 1.165) is 16.4 Å². The van der Waals surface area contributed by atoms with Gasteiger partial charge < -0.3 is 4.98 Å². The van der Waals surface area contributed by atoms with Crippen molar-refractivity contribution in [3.63, 3.8) is 0 Å². The fourth-order valence-electron chi connectivity index (χ4n) is 2.19. The van der Waals surface area contributed by atoms with Crippen molar-refractivity contribution in [3.05, 3.63) is 52.6 Å². The van der Waals surface area contributed by atoms with Gasteiger partial charge in [-0.3, -0.25) is 4.40 Å². The number of benzene rings is 1. The lowest BCUT2D eigenvalue weighted by Crippen LogP contribution is -2.15. The van der Waals surface area contributed by atoms with Gasteiger partial charge in [-0.05, 0) is 35.7 Å². The van der Waals surface area contributed by atoms with E-state index in [2.05, 4.69) is 31.0 Å². The molecule has 0 amide bonds. The average Bonchev–Trinajstić information content (AvgIpc) is 2.78. The highest BCUT2D eigenvalue weighted by molar-refractivity contribution is 5.93. The van der Waals surface area contributed by atoms with Crippen LogP contribution in [0.5, 0.6) is 0 Å². The van der Waals surface area contributed by atoms with Gasteiger partial charge >= 0.3 is 5.69 Å². The highest BCUT2D eigenvalue weighted by atomic mass is 16.1. The molecular formula is C14H14N2O. The zero-order valence-corrected chi connectivity index (χ0v) is 9.90. The lowest BCUT2D eigenvalue weighted by atomic mass is 10.0. The molecule has 3 nitrogen and oxygen atoms in total. The van der Waals surface area contributed by atoms with Crippen molar-refractivity contribution < 1.29 is 0 Å². The fourth-order valence-corrected chi connectivity index (χ4v) is 2.19.